The number of ether oxygens (including phenoxy) is 1. The number of rotatable bonds is 7. The number of thiocarbonyl (C=S) groups is 1. The van der Waals surface area contributed by atoms with Crippen molar-refractivity contribution in [1.29, 1.82) is 0 Å². The van der Waals surface area contributed by atoms with Crippen LogP contribution in [0.2, 0.25) is 0 Å². The van der Waals surface area contributed by atoms with E-state index in [1.807, 2.05) is 18.2 Å². The van der Waals surface area contributed by atoms with Crippen molar-refractivity contribution in [2.45, 2.75) is 57.9 Å². The van der Waals surface area contributed by atoms with Gasteiger partial charge < -0.3 is 15.4 Å². The van der Waals surface area contributed by atoms with Crippen molar-refractivity contribution in [3.63, 3.8) is 0 Å². The Morgan fingerprint density at radius 3 is 2.35 bits per heavy atom. The molecule has 0 bridgehead atoms. The number of hydrogen-bond donors (Lipinski definition) is 2. The molecule has 2 aromatic rings. The highest BCUT2D eigenvalue weighted by Crippen LogP contribution is 2.17. The van der Waals surface area contributed by atoms with Crippen LogP contribution in [-0.2, 0) is 24.5 Å². The molecule has 138 valence electrons. The van der Waals surface area contributed by atoms with E-state index >= 15 is 0 Å². The van der Waals surface area contributed by atoms with Gasteiger partial charge in [-0.05, 0) is 41.7 Å². The second-order valence-electron chi connectivity index (χ2n) is 6.91. The number of benzene rings is 2. The molecule has 0 atom stereocenters. The largest absolute Gasteiger partial charge is 0.372 e. The summed E-state index contributed by atoms with van der Waals surface area (Å²) in [5.74, 6) is 0. The Morgan fingerprint density at radius 1 is 0.885 bits per heavy atom. The van der Waals surface area contributed by atoms with Gasteiger partial charge in [0.2, 0.25) is 0 Å². The van der Waals surface area contributed by atoms with Crippen LogP contribution in [0.25, 0.3) is 0 Å². The van der Waals surface area contributed by atoms with Crippen molar-refractivity contribution in [3.8, 4) is 0 Å². The zero-order valence-electron chi connectivity index (χ0n) is 15.2. The van der Waals surface area contributed by atoms with Crippen LogP contribution in [0.5, 0.6) is 0 Å². The van der Waals surface area contributed by atoms with Gasteiger partial charge in [0, 0.05) is 12.6 Å². The van der Waals surface area contributed by atoms with E-state index in [4.69, 9.17) is 17.0 Å². The molecule has 2 N–H and O–H groups in total. The van der Waals surface area contributed by atoms with E-state index in [-0.39, 0.29) is 0 Å². The molecule has 3 nitrogen and oxygen atoms in total. The lowest BCUT2D eigenvalue weighted by Crippen LogP contribution is -2.42. The summed E-state index contributed by atoms with van der Waals surface area (Å²) < 4.78 is 5.90. The van der Waals surface area contributed by atoms with Crippen LogP contribution >= 0.6 is 12.2 Å². The zero-order valence-corrected chi connectivity index (χ0v) is 16.1. The molecule has 1 aliphatic rings. The van der Waals surface area contributed by atoms with E-state index in [0.717, 1.165) is 11.7 Å². The van der Waals surface area contributed by atoms with Crippen LogP contribution in [0.4, 0.5) is 0 Å². The monoisotopic (exact) mass is 368 g/mol. The average molecular weight is 369 g/mol. The molecule has 1 fully saturated rings. The molecule has 0 saturated heterocycles. The van der Waals surface area contributed by atoms with Crippen LogP contribution in [0.15, 0.2) is 54.6 Å². The van der Waals surface area contributed by atoms with Gasteiger partial charge in [0.25, 0.3) is 0 Å². The first-order valence-corrected chi connectivity index (χ1v) is 9.95. The summed E-state index contributed by atoms with van der Waals surface area (Å²) >= 11 is 5.48. The number of hydrogen-bond acceptors (Lipinski definition) is 2. The van der Waals surface area contributed by atoms with Gasteiger partial charge in [-0.25, -0.2) is 0 Å². The predicted molar refractivity (Wildman–Crippen MR) is 111 cm³/mol. The zero-order chi connectivity index (χ0) is 18.0. The third-order valence-corrected chi connectivity index (χ3v) is 5.13. The Kier molecular flexibility index (Phi) is 7.47. The van der Waals surface area contributed by atoms with E-state index in [9.17, 15) is 0 Å². The van der Waals surface area contributed by atoms with E-state index in [2.05, 4.69) is 47.0 Å². The third-order valence-electron chi connectivity index (χ3n) is 4.87. The van der Waals surface area contributed by atoms with Gasteiger partial charge in [-0.2, -0.15) is 0 Å². The van der Waals surface area contributed by atoms with E-state index in [1.165, 1.54) is 48.8 Å². The minimum Gasteiger partial charge on any atom is -0.372 e. The minimum atomic E-state index is 0.535. The fourth-order valence-electron chi connectivity index (χ4n) is 3.38. The summed E-state index contributed by atoms with van der Waals surface area (Å²) in [5.41, 5.74) is 3.63. The third kappa shape index (κ3) is 6.11. The molecule has 1 saturated carbocycles. The first kappa shape index (κ1) is 18.9. The molecule has 0 heterocycles. The summed E-state index contributed by atoms with van der Waals surface area (Å²) in [6.45, 7) is 1.96. The van der Waals surface area contributed by atoms with Gasteiger partial charge >= 0.3 is 0 Å². The lowest BCUT2D eigenvalue weighted by molar-refractivity contribution is 0.106. The van der Waals surface area contributed by atoms with Crippen LogP contribution < -0.4 is 10.6 Å². The fraction of sp³-hybridized carbons (Fsp3) is 0.409. The van der Waals surface area contributed by atoms with Crippen molar-refractivity contribution in [1.82, 2.24) is 10.6 Å². The molecule has 0 aliphatic heterocycles. The summed E-state index contributed by atoms with van der Waals surface area (Å²) in [5, 5.41) is 7.58. The maximum atomic E-state index is 5.90. The summed E-state index contributed by atoms with van der Waals surface area (Å²) in [4.78, 5) is 0. The molecular formula is C22H28N2OS. The normalized spacial score (nSPS) is 14.8. The smallest absolute Gasteiger partial charge is 0.166 e. The van der Waals surface area contributed by atoms with Gasteiger partial charge in [0.15, 0.2) is 5.11 Å². The molecule has 0 spiro atoms. The van der Waals surface area contributed by atoms with Gasteiger partial charge in [0.05, 0.1) is 13.2 Å². The first-order chi connectivity index (χ1) is 12.8. The molecule has 0 radical (unpaired) electrons. The van der Waals surface area contributed by atoms with Crippen molar-refractivity contribution in [2.24, 2.45) is 0 Å². The summed E-state index contributed by atoms with van der Waals surface area (Å²) in [6, 6.07) is 19.2. The molecule has 26 heavy (non-hydrogen) atoms. The Balaban J connectivity index is 1.46. The SMILES string of the molecule is S=C(NCc1ccccc1COCc1ccccc1)NC1CCCCC1. The molecule has 0 aromatic heterocycles. The standard InChI is InChI=1S/C22H28N2OS/c26-22(24-21-13-5-2-6-14-21)23-15-19-11-7-8-12-20(19)17-25-16-18-9-3-1-4-10-18/h1,3-4,7-12,21H,2,5-6,13-17H2,(H2,23,24,26). The molecule has 4 heteroatoms. The molecule has 2 aromatic carbocycles. The Hall–Kier alpha value is -1.91. The van der Waals surface area contributed by atoms with Gasteiger partial charge in [-0.1, -0.05) is 73.9 Å². The van der Waals surface area contributed by atoms with Crippen molar-refractivity contribution in [3.05, 3.63) is 71.3 Å². The van der Waals surface area contributed by atoms with Crippen LogP contribution in [-0.4, -0.2) is 11.2 Å². The lowest BCUT2D eigenvalue weighted by Gasteiger charge is -2.24. The fourth-order valence-corrected chi connectivity index (χ4v) is 3.62. The topological polar surface area (TPSA) is 33.3 Å². The summed E-state index contributed by atoms with van der Waals surface area (Å²) in [6.07, 6.45) is 6.43. The Bertz CT molecular complexity index is 684. The van der Waals surface area contributed by atoms with E-state index < -0.39 is 0 Å². The maximum Gasteiger partial charge on any atom is 0.166 e. The predicted octanol–water partition coefficient (Wildman–Crippen LogP) is 4.70. The summed E-state index contributed by atoms with van der Waals surface area (Å²) in [7, 11) is 0. The number of nitrogens with one attached hydrogen (secondary N) is 2. The van der Waals surface area contributed by atoms with E-state index in [0.29, 0.717) is 19.3 Å². The highest BCUT2D eigenvalue weighted by Gasteiger charge is 2.14. The van der Waals surface area contributed by atoms with Gasteiger partial charge in [-0.3, -0.25) is 0 Å². The Morgan fingerprint density at radius 2 is 1.58 bits per heavy atom. The van der Waals surface area contributed by atoms with Crippen molar-refractivity contribution < 1.29 is 4.74 Å². The second-order valence-corrected chi connectivity index (χ2v) is 7.32. The first-order valence-electron chi connectivity index (χ1n) is 9.54. The van der Waals surface area contributed by atoms with E-state index in [1.54, 1.807) is 0 Å². The van der Waals surface area contributed by atoms with Gasteiger partial charge in [-0.15, -0.1) is 0 Å². The molecule has 1 aliphatic carbocycles. The van der Waals surface area contributed by atoms with Crippen molar-refractivity contribution in [2.75, 3.05) is 0 Å². The minimum absolute atomic E-state index is 0.535. The lowest BCUT2D eigenvalue weighted by atomic mass is 9.96. The average Bonchev–Trinajstić information content (AvgIpc) is 2.69. The van der Waals surface area contributed by atoms with Crippen LogP contribution in [0.1, 0.15) is 48.8 Å². The highest BCUT2D eigenvalue weighted by atomic mass is 32.1. The van der Waals surface area contributed by atoms with Crippen LogP contribution in [0.3, 0.4) is 0 Å². The molecule has 0 amide bonds. The van der Waals surface area contributed by atoms with Crippen LogP contribution in [0, 0.1) is 0 Å². The molecular weight excluding hydrogens is 340 g/mol. The quantitative estimate of drug-likeness (QED) is 0.694. The van der Waals surface area contributed by atoms with Crippen molar-refractivity contribution >= 4 is 17.3 Å². The highest BCUT2D eigenvalue weighted by molar-refractivity contribution is 7.80. The Labute approximate surface area is 162 Å². The molecule has 3 rings (SSSR count). The van der Waals surface area contributed by atoms with Gasteiger partial charge in [0.1, 0.15) is 0 Å². The molecule has 0 unspecified atom stereocenters. The second kappa shape index (κ2) is 10.3. The maximum absolute atomic E-state index is 5.90.